The first kappa shape index (κ1) is 36.3. The van der Waals surface area contributed by atoms with E-state index in [0.29, 0.717) is 17.7 Å². The molecule has 2 fully saturated rings. The molecule has 3 amide bonds. The molecule has 0 saturated carbocycles. The van der Waals surface area contributed by atoms with E-state index in [1.54, 1.807) is 24.0 Å². The third-order valence-electron chi connectivity index (χ3n) is 10.9. The van der Waals surface area contributed by atoms with E-state index in [1.165, 1.54) is 4.90 Å². The number of esters is 1. The number of likely N-dealkylation sites (tertiary alicyclic amines) is 1. The quantitative estimate of drug-likeness (QED) is 0.311. The van der Waals surface area contributed by atoms with Crippen LogP contribution in [0.1, 0.15) is 59.1 Å². The van der Waals surface area contributed by atoms with Gasteiger partial charge in [0.15, 0.2) is 0 Å². The van der Waals surface area contributed by atoms with E-state index in [4.69, 9.17) is 9.47 Å². The van der Waals surface area contributed by atoms with Gasteiger partial charge in [0.1, 0.15) is 23.7 Å². The summed E-state index contributed by atoms with van der Waals surface area (Å²) in [5.74, 6) is -3.97. The Labute approximate surface area is 300 Å². The minimum absolute atomic E-state index is 0.168. The van der Waals surface area contributed by atoms with Gasteiger partial charge in [-0.1, -0.05) is 68.5 Å². The molecular formula is C40H50N4O7. The van der Waals surface area contributed by atoms with Crippen molar-refractivity contribution in [2.24, 2.45) is 17.8 Å². The van der Waals surface area contributed by atoms with Crippen molar-refractivity contribution in [1.82, 2.24) is 10.2 Å². The summed E-state index contributed by atoms with van der Waals surface area (Å²) in [5.41, 5.74) is 0.885. The third-order valence-corrected chi connectivity index (χ3v) is 10.9. The van der Waals surface area contributed by atoms with Crippen LogP contribution in [0, 0.1) is 17.8 Å². The van der Waals surface area contributed by atoms with Crippen molar-refractivity contribution in [3.63, 3.8) is 0 Å². The van der Waals surface area contributed by atoms with Crippen LogP contribution < -0.4 is 15.1 Å². The highest BCUT2D eigenvalue weighted by molar-refractivity contribution is 6.05. The maximum absolute atomic E-state index is 15.2. The molecule has 11 heteroatoms. The summed E-state index contributed by atoms with van der Waals surface area (Å²) in [6, 6.07) is 14.5. The highest BCUT2D eigenvalue weighted by Gasteiger charge is 2.74. The monoisotopic (exact) mass is 698 g/mol. The Balaban J connectivity index is 1.46. The molecule has 1 spiro atoms. The van der Waals surface area contributed by atoms with Gasteiger partial charge in [0.05, 0.1) is 30.7 Å². The van der Waals surface area contributed by atoms with Gasteiger partial charge >= 0.3 is 5.97 Å². The van der Waals surface area contributed by atoms with Crippen LogP contribution in [-0.4, -0.2) is 89.8 Å². The van der Waals surface area contributed by atoms with Crippen LogP contribution in [0.25, 0.3) is 0 Å². The summed E-state index contributed by atoms with van der Waals surface area (Å²) in [4.78, 5) is 62.7. The average Bonchev–Trinajstić information content (AvgIpc) is 3.77. The van der Waals surface area contributed by atoms with E-state index in [9.17, 15) is 19.5 Å². The molecule has 2 aromatic carbocycles. The maximum atomic E-state index is 15.2. The highest BCUT2D eigenvalue weighted by atomic mass is 16.6. The number of anilines is 2. The van der Waals surface area contributed by atoms with Crippen molar-refractivity contribution in [2.75, 3.05) is 36.0 Å². The number of benzene rings is 2. The van der Waals surface area contributed by atoms with Gasteiger partial charge < -0.3 is 34.6 Å². The summed E-state index contributed by atoms with van der Waals surface area (Å²) in [7, 11) is 0. The van der Waals surface area contributed by atoms with Crippen LogP contribution in [0.5, 0.6) is 0 Å². The zero-order valence-corrected chi connectivity index (χ0v) is 30.1. The molecule has 272 valence electrons. The summed E-state index contributed by atoms with van der Waals surface area (Å²) >= 11 is 0. The number of amides is 3. The van der Waals surface area contributed by atoms with Gasteiger partial charge in [0.2, 0.25) is 11.8 Å². The lowest BCUT2D eigenvalue weighted by molar-refractivity contribution is -0.161. The van der Waals surface area contributed by atoms with E-state index in [2.05, 4.69) is 24.1 Å². The first-order valence-electron chi connectivity index (χ1n) is 18.2. The average molecular weight is 699 g/mol. The number of carbonyl (C=O) groups excluding carboxylic acids is 4. The van der Waals surface area contributed by atoms with E-state index in [-0.39, 0.29) is 37.3 Å². The van der Waals surface area contributed by atoms with Crippen molar-refractivity contribution in [2.45, 2.75) is 83.4 Å². The molecule has 6 rings (SSSR count). The molecule has 0 radical (unpaired) electrons. The predicted octanol–water partition coefficient (Wildman–Crippen LogP) is 4.17. The number of aliphatic hydroxyl groups is 1. The first-order chi connectivity index (χ1) is 24.6. The number of carbonyl (C=O) groups is 4. The second kappa shape index (κ2) is 15.0. The standard InChI is InChI=1S/C40H50N4O7/c1-6-42(7-2)28-17-19-29(20-18-28)43-23-13-9-12-16-32(46)41-26(5)35(27-14-10-8-11-15-27)50-39(49)33-31-21-22-40(51-31)34(33)37(47)44(36(40)38(43)48)30(24-45)25(3)4/h8-11,13-15,17-22,25-26,30-31,33-36,45H,6-7,12,16,23-24H2,1-5H3,(H,41,46)/b13-9-/t26-,30+,31+,33-,34-,35+,36+,40-/m1/s1. The number of rotatable bonds is 8. The van der Waals surface area contributed by atoms with E-state index in [1.807, 2.05) is 80.6 Å². The van der Waals surface area contributed by atoms with Crippen LogP contribution in [-0.2, 0) is 28.7 Å². The minimum atomic E-state index is -1.45. The Morgan fingerprint density at radius 3 is 2.33 bits per heavy atom. The van der Waals surface area contributed by atoms with Crippen molar-refractivity contribution in [3.8, 4) is 0 Å². The molecule has 8 atom stereocenters. The lowest BCUT2D eigenvalue weighted by Gasteiger charge is -2.40. The molecule has 0 aliphatic carbocycles. The molecule has 4 heterocycles. The molecule has 5 bridgehead atoms. The molecule has 0 aromatic heterocycles. The summed E-state index contributed by atoms with van der Waals surface area (Å²) in [6.07, 6.45) is 6.25. The van der Waals surface area contributed by atoms with Crippen molar-refractivity contribution < 1.29 is 33.8 Å². The molecule has 2 aromatic rings. The van der Waals surface area contributed by atoms with Crippen molar-refractivity contribution in [3.05, 3.63) is 84.5 Å². The van der Waals surface area contributed by atoms with Crippen LogP contribution >= 0.6 is 0 Å². The van der Waals surface area contributed by atoms with Crippen molar-refractivity contribution in [1.29, 1.82) is 0 Å². The molecule has 11 nitrogen and oxygen atoms in total. The zero-order chi connectivity index (χ0) is 36.4. The highest BCUT2D eigenvalue weighted by Crippen LogP contribution is 2.56. The Morgan fingerprint density at radius 2 is 1.69 bits per heavy atom. The number of nitrogens with one attached hydrogen (secondary N) is 1. The fraction of sp³-hybridized carbons (Fsp3) is 0.500. The number of allylic oxidation sites excluding steroid dienone is 1. The van der Waals surface area contributed by atoms with Crippen LogP contribution in [0.3, 0.4) is 0 Å². The molecular weight excluding hydrogens is 648 g/mol. The fourth-order valence-electron chi connectivity index (χ4n) is 8.26. The zero-order valence-electron chi connectivity index (χ0n) is 30.1. The number of cyclic esters (lactones) is 1. The smallest absolute Gasteiger partial charge is 0.313 e. The molecule has 2 saturated heterocycles. The number of aliphatic hydroxyl groups excluding tert-OH is 1. The number of ether oxygens (including phenoxy) is 2. The van der Waals surface area contributed by atoms with Crippen molar-refractivity contribution >= 4 is 35.1 Å². The Kier molecular flexibility index (Phi) is 10.7. The largest absolute Gasteiger partial charge is 0.455 e. The van der Waals surface area contributed by atoms with Gasteiger partial charge in [-0.15, -0.1) is 0 Å². The maximum Gasteiger partial charge on any atom is 0.313 e. The SMILES string of the molecule is CCN(CC)c1ccc(N2C/C=C\CCC(=O)N[C@H](C)[C@@H](c3ccccc3)OC(=O)[C@@H]3[C@@H]4C=C[C@]5(O4)[C@H](C2=O)N([C@@H](CO)C(C)C)C(=O)[C@@H]35)cc1. The summed E-state index contributed by atoms with van der Waals surface area (Å²) in [5, 5.41) is 13.7. The molecule has 4 aliphatic heterocycles. The predicted molar refractivity (Wildman–Crippen MR) is 194 cm³/mol. The lowest BCUT2D eigenvalue weighted by atomic mass is 9.74. The van der Waals surface area contributed by atoms with E-state index in [0.717, 1.165) is 18.8 Å². The van der Waals surface area contributed by atoms with Gasteiger partial charge in [0, 0.05) is 37.4 Å². The second-order valence-corrected chi connectivity index (χ2v) is 14.2. The van der Waals surface area contributed by atoms with E-state index >= 15 is 4.79 Å². The van der Waals surface area contributed by atoms with Gasteiger partial charge in [-0.3, -0.25) is 19.2 Å². The van der Waals surface area contributed by atoms with Crippen LogP contribution in [0.4, 0.5) is 11.4 Å². The summed E-state index contributed by atoms with van der Waals surface area (Å²) in [6.45, 7) is 11.2. The van der Waals surface area contributed by atoms with Gasteiger partial charge in [-0.25, -0.2) is 0 Å². The molecule has 4 aliphatic rings. The first-order valence-corrected chi connectivity index (χ1v) is 18.2. The molecule has 51 heavy (non-hydrogen) atoms. The molecule has 2 N–H and O–H groups in total. The third kappa shape index (κ3) is 6.57. The summed E-state index contributed by atoms with van der Waals surface area (Å²) < 4.78 is 12.9. The minimum Gasteiger partial charge on any atom is -0.455 e. The fourth-order valence-corrected chi connectivity index (χ4v) is 8.26. The Bertz CT molecular complexity index is 1660. The molecule has 0 unspecified atom stereocenters. The number of hydrogen-bond acceptors (Lipinski definition) is 8. The number of nitrogens with zero attached hydrogens (tertiary/aromatic N) is 3. The number of hydrogen-bond donors (Lipinski definition) is 2. The Hall–Kier alpha value is -4.48. The number of fused-ring (bicyclic) bond motifs is 2. The normalized spacial score (nSPS) is 30.7. The van der Waals surface area contributed by atoms with E-state index < -0.39 is 59.6 Å². The van der Waals surface area contributed by atoms with Crippen LogP contribution in [0.15, 0.2) is 78.9 Å². The van der Waals surface area contributed by atoms with Crippen LogP contribution in [0.2, 0.25) is 0 Å². The lowest BCUT2D eigenvalue weighted by Crippen LogP contribution is -2.59. The topological polar surface area (TPSA) is 129 Å². The van der Waals surface area contributed by atoms with Gasteiger partial charge in [-0.2, -0.15) is 0 Å². The van der Waals surface area contributed by atoms with Gasteiger partial charge in [0.25, 0.3) is 5.91 Å². The second-order valence-electron chi connectivity index (χ2n) is 14.2. The van der Waals surface area contributed by atoms with Gasteiger partial charge in [-0.05, 0) is 62.9 Å². The Morgan fingerprint density at radius 1 is 0.980 bits per heavy atom.